The molecular formula is C16H22O. The molecule has 0 spiro atoms. The van der Waals surface area contributed by atoms with Crippen LogP contribution in [0.5, 0.6) is 0 Å². The van der Waals surface area contributed by atoms with Crippen molar-refractivity contribution in [2.24, 2.45) is 23.7 Å². The second-order valence-corrected chi connectivity index (χ2v) is 4.60. The van der Waals surface area contributed by atoms with Gasteiger partial charge in [-0.1, -0.05) is 46.1 Å². The van der Waals surface area contributed by atoms with Crippen LogP contribution in [0.3, 0.4) is 0 Å². The molecule has 0 aromatic heterocycles. The SMILES string of the molecule is C=C(C#CC(C)C(C)C(C)C(C)C#CC)C=O. The molecule has 0 fully saturated rings. The molecule has 0 aliphatic heterocycles. The van der Waals surface area contributed by atoms with Gasteiger partial charge in [-0.2, -0.15) is 0 Å². The minimum absolute atomic E-state index is 0.239. The third-order valence-electron chi connectivity index (χ3n) is 3.38. The van der Waals surface area contributed by atoms with E-state index in [1.807, 2.05) is 6.92 Å². The summed E-state index contributed by atoms with van der Waals surface area (Å²) in [6.07, 6.45) is 0.693. The van der Waals surface area contributed by atoms with Crippen LogP contribution in [0.4, 0.5) is 0 Å². The first kappa shape index (κ1) is 15.5. The molecule has 0 aromatic carbocycles. The normalized spacial score (nSPS) is 16.3. The quantitative estimate of drug-likeness (QED) is 0.411. The van der Waals surface area contributed by atoms with Crippen LogP contribution in [0, 0.1) is 47.4 Å². The largest absolute Gasteiger partial charge is 0.297 e. The van der Waals surface area contributed by atoms with Gasteiger partial charge in [0.05, 0.1) is 5.57 Å². The molecule has 0 N–H and O–H groups in total. The first-order valence-electron chi connectivity index (χ1n) is 6.01. The molecule has 0 rings (SSSR count). The Morgan fingerprint density at radius 1 is 1.06 bits per heavy atom. The van der Waals surface area contributed by atoms with Gasteiger partial charge in [-0.25, -0.2) is 0 Å². The molecule has 0 aromatic rings. The monoisotopic (exact) mass is 230 g/mol. The Hall–Kier alpha value is -1.47. The molecule has 17 heavy (non-hydrogen) atoms. The predicted octanol–water partition coefficient (Wildman–Crippen LogP) is 3.31. The Morgan fingerprint density at radius 3 is 1.94 bits per heavy atom. The maximum absolute atomic E-state index is 10.4. The van der Waals surface area contributed by atoms with E-state index in [2.05, 4.69) is 58.0 Å². The van der Waals surface area contributed by atoms with Gasteiger partial charge in [0, 0.05) is 11.8 Å². The van der Waals surface area contributed by atoms with Crippen LogP contribution in [0.1, 0.15) is 34.6 Å². The lowest BCUT2D eigenvalue weighted by molar-refractivity contribution is -0.104. The lowest BCUT2D eigenvalue weighted by Crippen LogP contribution is -2.20. The molecule has 1 nitrogen and oxygen atoms in total. The fourth-order valence-electron chi connectivity index (χ4n) is 1.64. The Balaban J connectivity index is 4.60. The molecule has 0 heterocycles. The molecule has 0 amide bonds. The van der Waals surface area contributed by atoms with Gasteiger partial charge in [0.1, 0.15) is 0 Å². The molecule has 1 heteroatoms. The van der Waals surface area contributed by atoms with Crippen molar-refractivity contribution in [1.29, 1.82) is 0 Å². The summed E-state index contributed by atoms with van der Waals surface area (Å²) in [4.78, 5) is 10.4. The molecular weight excluding hydrogens is 208 g/mol. The van der Waals surface area contributed by atoms with Crippen LogP contribution in [-0.2, 0) is 4.79 Å². The summed E-state index contributed by atoms with van der Waals surface area (Å²) in [6.45, 7) is 14.0. The lowest BCUT2D eigenvalue weighted by atomic mass is 9.79. The number of carbonyl (C=O) groups excluding carboxylic acids is 1. The highest BCUT2D eigenvalue weighted by molar-refractivity contribution is 5.78. The fourth-order valence-corrected chi connectivity index (χ4v) is 1.64. The topological polar surface area (TPSA) is 17.1 Å². The van der Waals surface area contributed by atoms with Crippen LogP contribution in [0.15, 0.2) is 12.2 Å². The van der Waals surface area contributed by atoms with Gasteiger partial charge in [-0.15, -0.1) is 11.8 Å². The number of allylic oxidation sites excluding steroid dienone is 1. The van der Waals surface area contributed by atoms with Crippen molar-refractivity contribution in [3.63, 3.8) is 0 Å². The summed E-state index contributed by atoms with van der Waals surface area (Å²) in [7, 11) is 0. The van der Waals surface area contributed by atoms with Gasteiger partial charge < -0.3 is 0 Å². The van der Waals surface area contributed by atoms with E-state index in [1.165, 1.54) is 0 Å². The van der Waals surface area contributed by atoms with E-state index in [0.717, 1.165) is 0 Å². The van der Waals surface area contributed by atoms with Crippen molar-refractivity contribution in [2.75, 3.05) is 0 Å². The van der Waals surface area contributed by atoms with Gasteiger partial charge in [-0.05, 0) is 18.8 Å². The first-order chi connectivity index (χ1) is 7.93. The third kappa shape index (κ3) is 5.41. The second-order valence-electron chi connectivity index (χ2n) is 4.60. The first-order valence-corrected chi connectivity index (χ1v) is 6.01. The van der Waals surface area contributed by atoms with Crippen LogP contribution < -0.4 is 0 Å². The van der Waals surface area contributed by atoms with Gasteiger partial charge in [0.25, 0.3) is 0 Å². The predicted molar refractivity (Wildman–Crippen MR) is 73.1 cm³/mol. The van der Waals surface area contributed by atoms with E-state index in [1.54, 1.807) is 0 Å². The molecule has 0 aliphatic rings. The fraction of sp³-hybridized carbons (Fsp3) is 0.562. The number of aldehydes is 1. The third-order valence-corrected chi connectivity index (χ3v) is 3.38. The standard InChI is InChI=1S/C16H22O/c1-7-8-13(3)15(5)16(6)14(4)10-9-12(2)11-17/h11,13-16H,2H2,1,3-6H3. The zero-order chi connectivity index (χ0) is 13.4. The van der Waals surface area contributed by atoms with Gasteiger partial charge in [0.15, 0.2) is 6.29 Å². The Labute approximate surface area is 106 Å². The minimum atomic E-state index is 0.239. The van der Waals surface area contributed by atoms with Crippen molar-refractivity contribution in [3.8, 4) is 23.7 Å². The highest BCUT2D eigenvalue weighted by atomic mass is 16.1. The van der Waals surface area contributed by atoms with E-state index in [9.17, 15) is 4.79 Å². The smallest absolute Gasteiger partial charge is 0.157 e. The average Bonchev–Trinajstić information content (AvgIpc) is 2.33. The molecule has 92 valence electrons. The van der Waals surface area contributed by atoms with Gasteiger partial charge in [0.2, 0.25) is 0 Å². The van der Waals surface area contributed by atoms with Crippen LogP contribution in [0.25, 0.3) is 0 Å². The molecule has 0 saturated carbocycles. The number of hydrogen-bond acceptors (Lipinski definition) is 1. The Bertz CT molecular complexity index is 383. The second kappa shape index (κ2) is 7.75. The van der Waals surface area contributed by atoms with Crippen molar-refractivity contribution in [2.45, 2.75) is 34.6 Å². The summed E-state index contributed by atoms with van der Waals surface area (Å²) in [5, 5.41) is 0. The molecule has 0 aliphatic carbocycles. The molecule has 0 bridgehead atoms. The number of rotatable bonds is 4. The van der Waals surface area contributed by atoms with Crippen LogP contribution in [-0.4, -0.2) is 6.29 Å². The maximum atomic E-state index is 10.4. The van der Waals surface area contributed by atoms with Crippen molar-refractivity contribution in [1.82, 2.24) is 0 Å². The summed E-state index contributed by atoms with van der Waals surface area (Å²) >= 11 is 0. The number of hydrogen-bond donors (Lipinski definition) is 0. The minimum Gasteiger partial charge on any atom is -0.297 e. The summed E-state index contributed by atoms with van der Waals surface area (Å²) < 4.78 is 0. The zero-order valence-corrected chi connectivity index (χ0v) is 11.5. The summed E-state index contributed by atoms with van der Waals surface area (Å²) in [5.41, 5.74) is 0.345. The van der Waals surface area contributed by atoms with Crippen molar-refractivity contribution in [3.05, 3.63) is 12.2 Å². The van der Waals surface area contributed by atoms with Crippen LogP contribution in [0.2, 0.25) is 0 Å². The Morgan fingerprint density at radius 2 is 1.53 bits per heavy atom. The molecule has 0 radical (unpaired) electrons. The lowest BCUT2D eigenvalue weighted by Gasteiger charge is -2.25. The van der Waals surface area contributed by atoms with E-state index >= 15 is 0 Å². The summed E-state index contributed by atoms with van der Waals surface area (Å²) in [5.74, 6) is 13.5. The van der Waals surface area contributed by atoms with E-state index in [-0.39, 0.29) is 5.92 Å². The molecule has 0 saturated heterocycles. The van der Waals surface area contributed by atoms with Gasteiger partial charge >= 0.3 is 0 Å². The highest BCUT2D eigenvalue weighted by Crippen LogP contribution is 2.26. The van der Waals surface area contributed by atoms with E-state index in [4.69, 9.17) is 0 Å². The van der Waals surface area contributed by atoms with E-state index < -0.39 is 0 Å². The highest BCUT2D eigenvalue weighted by Gasteiger charge is 2.21. The zero-order valence-electron chi connectivity index (χ0n) is 11.5. The maximum Gasteiger partial charge on any atom is 0.157 e. The van der Waals surface area contributed by atoms with E-state index in [0.29, 0.717) is 29.6 Å². The Kier molecular flexibility index (Phi) is 7.08. The molecule has 4 atom stereocenters. The van der Waals surface area contributed by atoms with Gasteiger partial charge in [-0.3, -0.25) is 4.79 Å². The number of carbonyl (C=O) groups is 1. The summed E-state index contributed by atoms with van der Waals surface area (Å²) in [6, 6.07) is 0. The van der Waals surface area contributed by atoms with Crippen molar-refractivity contribution >= 4 is 6.29 Å². The van der Waals surface area contributed by atoms with Crippen LogP contribution >= 0.6 is 0 Å². The van der Waals surface area contributed by atoms with Crippen molar-refractivity contribution < 1.29 is 4.79 Å². The average molecular weight is 230 g/mol. The molecule has 4 unspecified atom stereocenters.